The number of aliphatic hydroxyl groups is 1. The van der Waals surface area contributed by atoms with Crippen LogP contribution in [-0.2, 0) is 17.6 Å². The number of aryl methyl sites for hydroxylation is 2. The molecule has 0 saturated heterocycles. The Balaban J connectivity index is 2.48. The lowest BCUT2D eigenvalue weighted by atomic mass is 9.98. The number of carbonyl (C=O) groups is 1. The van der Waals surface area contributed by atoms with Gasteiger partial charge in [0.1, 0.15) is 0 Å². The second-order valence-corrected chi connectivity index (χ2v) is 4.20. The molecule has 3 nitrogen and oxygen atoms in total. The second-order valence-electron chi connectivity index (χ2n) is 4.20. The average Bonchev–Trinajstić information content (AvgIpc) is 2.33. The number of rotatable bonds is 8. The summed E-state index contributed by atoms with van der Waals surface area (Å²) in [4.78, 5) is 10.6. The Morgan fingerprint density at radius 2 is 1.65 bits per heavy atom. The number of carboxylic acid groups (broad SMARTS) is 1. The molecule has 0 bridgehead atoms. The van der Waals surface area contributed by atoms with Crippen LogP contribution in [0.1, 0.15) is 36.8 Å². The van der Waals surface area contributed by atoms with Gasteiger partial charge in [-0.15, -0.1) is 0 Å². The van der Waals surface area contributed by atoms with Gasteiger partial charge in [-0.25, -0.2) is 0 Å². The van der Waals surface area contributed by atoms with Gasteiger partial charge in [-0.1, -0.05) is 30.7 Å². The first-order valence-corrected chi connectivity index (χ1v) is 6.13. The second kappa shape index (κ2) is 7.85. The molecule has 1 rings (SSSR count). The van der Waals surface area contributed by atoms with Crippen molar-refractivity contribution in [2.75, 3.05) is 6.61 Å². The van der Waals surface area contributed by atoms with E-state index in [1.54, 1.807) is 0 Å². The quantitative estimate of drug-likeness (QED) is 0.681. The van der Waals surface area contributed by atoms with Gasteiger partial charge in [-0.05, 0) is 36.8 Å². The van der Waals surface area contributed by atoms with Crippen molar-refractivity contribution in [1.82, 2.24) is 0 Å². The van der Waals surface area contributed by atoms with Crippen LogP contribution in [0.15, 0.2) is 24.3 Å². The van der Waals surface area contributed by atoms with Crippen LogP contribution < -0.4 is 0 Å². The molecule has 2 N–H and O–H groups in total. The Kier molecular flexibility index (Phi) is 6.33. The SMILES string of the molecule is O=C(O)CCc1ccccc1CCCCCO. The van der Waals surface area contributed by atoms with Crippen molar-refractivity contribution in [2.45, 2.75) is 38.5 Å². The maximum absolute atomic E-state index is 10.6. The van der Waals surface area contributed by atoms with Gasteiger partial charge in [0.25, 0.3) is 0 Å². The molecule has 0 saturated carbocycles. The van der Waals surface area contributed by atoms with Crippen LogP contribution in [0, 0.1) is 0 Å². The van der Waals surface area contributed by atoms with Crippen molar-refractivity contribution >= 4 is 5.97 Å². The standard InChI is InChI=1S/C14H20O3/c15-11-5-1-2-6-12-7-3-4-8-13(12)9-10-14(16)17/h3-4,7-8,15H,1-2,5-6,9-11H2,(H,16,17). The number of aliphatic carboxylic acids is 1. The van der Waals surface area contributed by atoms with E-state index in [4.69, 9.17) is 10.2 Å². The first-order chi connectivity index (χ1) is 8.24. The van der Waals surface area contributed by atoms with E-state index >= 15 is 0 Å². The number of hydrogen-bond donors (Lipinski definition) is 2. The van der Waals surface area contributed by atoms with Gasteiger partial charge < -0.3 is 10.2 Å². The van der Waals surface area contributed by atoms with E-state index in [2.05, 4.69) is 6.07 Å². The number of aliphatic hydroxyl groups excluding tert-OH is 1. The summed E-state index contributed by atoms with van der Waals surface area (Å²) in [7, 11) is 0. The van der Waals surface area contributed by atoms with Crippen LogP contribution in [0.2, 0.25) is 0 Å². The molecule has 0 aliphatic carbocycles. The first kappa shape index (κ1) is 13.7. The molecule has 0 aromatic heterocycles. The number of benzene rings is 1. The largest absolute Gasteiger partial charge is 0.481 e. The van der Waals surface area contributed by atoms with E-state index < -0.39 is 5.97 Å². The fourth-order valence-corrected chi connectivity index (χ4v) is 1.89. The number of carboxylic acids is 1. The zero-order valence-electron chi connectivity index (χ0n) is 10.1. The van der Waals surface area contributed by atoms with E-state index in [0.717, 1.165) is 31.2 Å². The number of hydrogen-bond acceptors (Lipinski definition) is 2. The summed E-state index contributed by atoms with van der Waals surface area (Å²) in [5.74, 6) is -0.750. The van der Waals surface area contributed by atoms with Gasteiger partial charge >= 0.3 is 5.97 Å². The highest BCUT2D eigenvalue weighted by Crippen LogP contribution is 2.14. The lowest BCUT2D eigenvalue weighted by Gasteiger charge is -2.08. The number of unbranched alkanes of at least 4 members (excludes halogenated alkanes) is 2. The van der Waals surface area contributed by atoms with E-state index in [1.165, 1.54) is 5.56 Å². The molecule has 0 spiro atoms. The Morgan fingerprint density at radius 3 is 2.24 bits per heavy atom. The molecular formula is C14H20O3. The van der Waals surface area contributed by atoms with E-state index in [-0.39, 0.29) is 13.0 Å². The molecule has 0 aliphatic rings. The minimum atomic E-state index is -0.750. The molecule has 0 radical (unpaired) electrons. The molecule has 0 amide bonds. The Hall–Kier alpha value is -1.35. The summed E-state index contributed by atoms with van der Waals surface area (Å²) in [5, 5.41) is 17.4. The van der Waals surface area contributed by atoms with Gasteiger partial charge in [0.2, 0.25) is 0 Å². The molecular weight excluding hydrogens is 216 g/mol. The molecule has 0 heterocycles. The van der Waals surface area contributed by atoms with Crippen LogP contribution in [0.5, 0.6) is 0 Å². The third-order valence-corrected chi connectivity index (χ3v) is 2.83. The Bertz CT molecular complexity index is 347. The van der Waals surface area contributed by atoms with Gasteiger partial charge in [-0.2, -0.15) is 0 Å². The average molecular weight is 236 g/mol. The summed E-state index contributed by atoms with van der Waals surface area (Å²) in [6.45, 7) is 0.251. The normalized spacial score (nSPS) is 10.4. The predicted molar refractivity (Wildman–Crippen MR) is 67.0 cm³/mol. The van der Waals surface area contributed by atoms with Crippen LogP contribution in [-0.4, -0.2) is 22.8 Å². The smallest absolute Gasteiger partial charge is 0.303 e. The minimum Gasteiger partial charge on any atom is -0.481 e. The van der Waals surface area contributed by atoms with Crippen molar-refractivity contribution < 1.29 is 15.0 Å². The molecule has 1 aromatic rings. The fraction of sp³-hybridized carbons (Fsp3) is 0.500. The van der Waals surface area contributed by atoms with Gasteiger partial charge in [-0.3, -0.25) is 4.79 Å². The van der Waals surface area contributed by atoms with E-state index in [0.29, 0.717) is 6.42 Å². The molecule has 0 fully saturated rings. The third-order valence-electron chi connectivity index (χ3n) is 2.83. The summed E-state index contributed by atoms with van der Waals surface area (Å²) < 4.78 is 0. The van der Waals surface area contributed by atoms with E-state index in [1.807, 2.05) is 18.2 Å². The molecule has 17 heavy (non-hydrogen) atoms. The molecule has 0 unspecified atom stereocenters. The maximum Gasteiger partial charge on any atom is 0.303 e. The molecule has 3 heteroatoms. The Morgan fingerprint density at radius 1 is 1.00 bits per heavy atom. The molecule has 1 aromatic carbocycles. The van der Waals surface area contributed by atoms with Crippen molar-refractivity contribution in [2.24, 2.45) is 0 Å². The zero-order valence-corrected chi connectivity index (χ0v) is 10.1. The zero-order chi connectivity index (χ0) is 12.5. The summed E-state index contributed by atoms with van der Waals surface area (Å²) >= 11 is 0. The summed E-state index contributed by atoms with van der Waals surface area (Å²) in [6, 6.07) is 8.01. The van der Waals surface area contributed by atoms with Crippen molar-refractivity contribution in [3.8, 4) is 0 Å². The Labute approximate surface area is 102 Å². The van der Waals surface area contributed by atoms with Crippen molar-refractivity contribution in [3.63, 3.8) is 0 Å². The maximum atomic E-state index is 10.6. The summed E-state index contributed by atoms with van der Waals surface area (Å²) in [5.41, 5.74) is 2.38. The lowest BCUT2D eigenvalue weighted by Crippen LogP contribution is -2.00. The third kappa shape index (κ3) is 5.50. The highest BCUT2D eigenvalue weighted by atomic mass is 16.4. The fourth-order valence-electron chi connectivity index (χ4n) is 1.89. The topological polar surface area (TPSA) is 57.5 Å². The van der Waals surface area contributed by atoms with Gasteiger partial charge in [0.15, 0.2) is 0 Å². The monoisotopic (exact) mass is 236 g/mol. The highest BCUT2D eigenvalue weighted by molar-refractivity contribution is 5.67. The molecule has 0 atom stereocenters. The van der Waals surface area contributed by atoms with Crippen LogP contribution in [0.4, 0.5) is 0 Å². The van der Waals surface area contributed by atoms with Crippen molar-refractivity contribution in [3.05, 3.63) is 35.4 Å². The van der Waals surface area contributed by atoms with Gasteiger partial charge in [0, 0.05) is 13.0 Å². The highest BCUT2D eigenvalue weighted by Gasteiger charge is 2.04. The van der Waals surface area contributed by atoms with Gasteiger partial charge in [0.05, 0.1) is 0 Å². The minimum absolute atomic E-state index is 0.188. The van der Waals surface area contributed by atoms with Crippen LogP contribution >= 0.6 is 0 Å². The van der Waals surface area contributed by atoms with E-state index in [9.17, 15) is 4.79 Å². The first-order valence-electron chi connectivity index (χ1n) is 6.13. The van der Waals surface area contributed by atoms with Crippen LogP contribution in [0.3, 0.4) is 0 Å². The summed E-state index contributed by atoms with van der Waals surface area (Å²) in [6.07, 6.45) is 4.67. The molecule has 94 valence electrons. The predicted octanol–water partition coefficient (Wildman–Crippen LogP) is 2.41. The van der Waals surface area contributed by atoms with Crippen molar-refractivity contribution in [1.29, 1.82) is 0 Å². The lowest BCUT2D eigenvalue weighted by molar-refractivity contribution is -0.136. The van der Waals surface area contributed by atoms with Crippen LogP contribution in [0.25, 0.3) is 0 Å². The molecule has 0 aliphatic heterocycles.